The molecule has 1 unspecified atom stereocenters. The molecule has 1 aromatic rings. The number of hydrogen-bond acceptors (Lipinski definition) is 2. The lowest BCUT2D eigenvalue weighted by Crippen LogP contribution is -2.40. The quantitative estimate of drug-likeness (QED) is 0.842. The van der Waals surface area contributed by atoms with Gasteiger partial charge in [0.05, 0.1) is 5.57 Å². The highest BCUT2D eigenvalue weighted by atomic mass is 19.4. The van der Waals surface area contributed by atoms with Gasteiger partial charge in [-0.1, -0.05) is 18.2 Å². The monoisotopic (exact) mass is 258 g/mol. The van der Waals surface area contributed by atoms with E-state index >= 15 is 0 Å². The van der Waals surface area contributed by atoms with E-state index in [4.69, 9.17) is 9.84 Å². The Kier molecular flexibility index (Phi) is 2.80. The summed E-state index contributed by atoms with van der Waals surface area (Å²) in [6.45, 7) is 1.60. The van der Waals surface area contributed by atoms with Gasteiger partial charge in [0.1, 0.15) is 5.75 Å². The van der Waals surface area contributed by atoms with Gasteiger partial charge in [0, 0.05) is 5.56 Å². The predicted octanol–water partition coefficient (Wildman–Crippen LogP) is 2.79. The van der Waals surface area contributed by atoms with Gasteiger partial charge in [-0.15, -0.1) is 0 Å². The number of fused-ring (bicyclic) bond motifs is 1. The third kappa shape index (κ3) is 2.05. The molecule has 0 radical (unpaired) electrons. The van der Waals surface area contributed by atoms with Gasteiger partial charge >= 0.3 is 12.1 Å². The molecule has 1 aliphatic heterocycles. The summed E-state index contributed by atoms with van der Waals surface area (Å²) in [6, 6.07) is 4.74. The Balaban J connectivity index is 2.57. The van der Waals surface area contributed by atoms with E-state index in [1.165, 1.54) is 6.07 Å². The minimum atomic E-state index is -4.76. The molecule has 6 heteroatoms. The Morgan fingerprint density at radius 1 is 1.39 bits per heavy atom. The number of halogens is 3. The molecule has 1 N–H and O–H groups in total. The molecular weight excluding hydrogens is 249 g/mol. The maximum absolute atomic E-state index is 12.7. The summed E-state index contributed by atoms with van der Waals surface area (Å²) in [7, 11) is 0. The Bertz CT molecular complexity index is 532. The third-order valence-electron chi connectivity index (χ3n) is 2.62. The number of alkyl halides is 3. The maximum atomic E-state index is 12.7. The van der Waals surface area contributed by atoms with E-state index in [-0.39, 0.29) is 5.75 Å². The van der Waals surface area contributed by atoms with Gasteiger partial charge in [-0.25, -0.2) is 4.79 Å². The fourth-order valence-electron chi connectivity index (χ4n) is 1.79. The molecule has 96 valence electrons. The zero-order chi connectivity index (χ0) is 13.5. The second kappa shape index (κ2) is 4.04. The van der Waals surface area contributed by atoms with E-state index in [0.29, 0.717) is 11.1 Å². The fourth-order valence-corrected chi connectivity index (χ4v) is 1.79. The van der Waals surface area contributed by atoms with Crippen molar-refractivity contribution in [2.24, 2.45) is 0 Å². The van der Waals surface area contributed by atoms with Gasteiger partial charge in [-0.2, -0.15) is 13.2 Å². The van der Waals surface area contributed by atoms with Gasteiger partial charge in [0.25, 0.3) is 0 Å². The van der Waals surface area contributed by atoms with Crippen LogP contribution in [0.4, 0.5) is 13.2 Å². The van der Waals surface area contributed by atoms with E-state index < -0.39 is 23.8 Å². The molecule has 0 aromatic heterocycles. The van der Waals surface area contributed by atoms with Gasteiger partial charge in [0.15, 0.2) is 0 Å². The smallest absolute Gasteiger partial charge is 0.430 e. The van der Waals surface area contributed by atoms with Crippen LogP contribution < -0.4 is 4.74 Å². The zero-order valence-electron chi connectivity index (χ0n) is 9.28. The lowest BCUT2D eigenvalue weighted by atomic mass is 9.99. The topological polar surface area (TPSA) is 46.5 Å². The second-order valence-electron chi connectivity index (χ2n) is 3.94. The van der Waals surface area contributed by atoms with Crippen molar-refractivity contribution in [1.82, 2.24) is 0 Å². The lowest BCUT2D eigenvalue weighted by Gasteiger charge is -2.27. The molecule has 0 saturated heterocycles. The molecule has 0 amide bonds. The molecule has 0 spiro atoms. The largest absolute Gasteiger partial charge is 0.478 e. The summed E-state index contributed by atoms with van der Waals surface area (Å²) >= 11 is 0. The maximum Gasteiger partial charge on any atom is 0.430 e. The predicted molar refractivity (Wildman–Crippen MR) is 57.3 cm³/mol. The molecule has 2 rings (SSSR count). The number of aryl methyl sites for hydroxylation is 1. The summed E-state index contributed by atoms with van der Waals surface area (Å²) in [5.41, 5.74) is 0.0657. The van der Waals surface area contributed by atoms with Gasteiger partial charge in [0.2, 0.25) is 6.10 Å². The number of hydrogen-bond donors (Lipinski definition) is 1. The summed E-state index contributed by atoms with van der Waals surface area (Å²) in [4.78, 5) is 10.9. The molecule has 0 aliphatic carbocycles. The number of benzene rings is 1. The number of rotatable bonds is 1. The van der Waals surface area contributed by atoms with Crippen LogP contribution >= 0.6 is 0 Å². The van der Waals surface area contributed by atoms with Crippen molar-refractivity contribution in [1.29, 1.82) is 0 Å². The number of carboxylic acids is 1. The molecule has 1 aliphatic rings. The minimum Gasteiger partial charge on any atom is -0.478 e. The summed E-state index contributed by atoms with van der Waals surface area (Å²) in [6.07, 6.45) is -6.18. The molecule has 1 atom stereocenters. The highest BCUT2D eigenvalue weighted by Gasteiger charge is 2.48. The molecule has 0 fully saturated rings. The molecule has 1 aromatic carbocycles. The number of para-hydroxylation sites is 1. The highest BCUT2D eigenvalue weighted by molar-refractivity contribution is 5.95. The van der Waals surface area contributed by atoms with Crippen LogP contribution in [0.5, 0.6) is 5.75 Å². The fraction of sp³-hybridized carbons (Fsp3) is 0.250. The summed E-state index contributed by atoms with van der Waals surface area (Å²) in [5, 5.41) is 8.82. The Morgan fingerprint density at radius 2 is 2.06 bits per heavy atom. The van der Waals surface area contributed by atoms with Crippen molar-refractivity contribution < 1.29 is 27.8 Å². The Labute approximate surface area is 100 Å². The lowest BCUT2D eigenvalue weighted by molar-refractivity contribution is -0.187. The van der Waals surface area contributed by atoms with Crippen LogP contribution in [-0.2, 0) is 4.79 Å². The standard InChI is InChI=1S/C12H9F3O3/c1-6-3-2-4-7-5-8(11(16)17)10(12(13,14)15)18-9(6)7/h2-5,10H,1H3,(H,16,17). The van der Waals surface area contributed by atoms with E-state index in [1.807, 2.05) is 0 Å². The molecular formula is C12H9F3O3. The third-order valence-corrected chi connectivity index (χ3v) is 2.62. The molecule has 0 bridgehead atoms. The average molecular weight is 258 g/mol. The van der Waals surface area contributed by atoms with Crippen molar-refractivity contribution in [3.8, 4) is 5.75 Å². The van der Waals surface area contributed by atoms with Crippen LogP contribution in [0.15, 0.2) is 23.8 Å². The molecule has 18 heavy (non-hydrogen) atoms. The van der Waals surface area contributed by atoms with E-state index in [9.17, 15) is 18.0 Å². The zero-order valence-corrected chi connectivity index (χ0v) is 9.28. The Hall–Kier alpha value is -1.98. The first-order valence-electron chi connectivity index (χ1n) is 5.08. The van der Waals surface area contributed by atoms with Gasteiger partial charge < -0.3 is 9.84 Å². The normalized spacial score (nSPS) is 18.7. The second-order valence-corrected chi connectivity index (χ2v) is 3.94. The van der Waals surface area contributed by atoms with Crippen molar-refractivity contribution in [3.63, 3.8) is 0 Å². The van der Waals surface area contributed by atoms with Crippen LogP contribution in [0.3, 0.4) is 0 Å². The van der Waals surface area contributed by atoms with Crippen molar-refractivity contribution in [2.75, 3.05) is 0 Å². The molecule has 0 saturated carbocycles. The number of carboxylic acid groups (broad SMARTS) is 1. The highest BCUT2D eigenvalue weighted by Crippen LogP contribution is 2.38. The van der Waals surface area contributed by atoms with E-state index in [1.54, 1.807) is 19.1 Å². The van der Waals surface area contributed by atoms with Gasteiger partial charge in [-0.3, -0.25) is 0 Å². The summed E-state index contributed by atoms with van der Waals surface area (Å²) in [5.74, 6) is -1.56. The van der Waals surface area contributed by atoms with E-state index in [2.05, 4.69) is 0 Å². The van der Waals surface area contributed by atoms with Gasteiger partial charge in [-0.05, 0) is 18.6 Å². The van der Waals surface area contributed by atoms with Crippen LogP contribution in [0.25, 0.3) is 6.08 Å². The first-order chi connectivity index (χ1) is 8.30. The number of ether oxygens (including phenoxy) is 1. The van der Waals surface area contributed by atoms with E-state index in [0.717, 1.165) is 6.08 Å². The number of carbonyl (C=O) groups is 1. The first kappa shape index (κ1) is 12.5. The minimum absolute atomic E-state index is 0.0739. The SMILES string of the molecule is Cc1cccc2c1OC(C(F)(F)F)C(C(=O)O)=C2. The number of aliphatic carboxylic acids is 1. The van der Waals surface area contributed by atoms with Crippen molar-refractivity contribution in [2.45, 2.75) is 19.2 Å². The first-order valence-corrected chi connectivity index (χ1v) is 5.08. The molecule has 3 nitrogen and oxygen atoms in total. The average Bonchev–Trinajstić information content (AvgIpc) is 2.26. The van der Waals surface area contributed by atoms with Crippen LogP contribution in [0.2, 0.25) is 0 Å². The van der Waals surface area contributed by atoms with Crippen molar-refractivity contribution >= 4 is 12.0 Å². The summed E-state index contributed by atoms with van der Waals surface area (Å²) < 4.78 is 43.1. The van der Waals surface area contributed by atoms with Crippen molar-refractivity contribution in [3.05, 3.63) is 34.9 Å². The molecule has 1 heterocycles. The van der Waals surface area contributed by atoms with Crippen LogP contribution in [0, 0.1) is 6.92 Å². The Morgan fingerprint density at radius 3 is 2.61 bits per heavy atom. The van der Waals surface area contributed by atoms with Crippen LogP contribution in [-0.4, -0.2) is 23.4 Å². The van der Waals surface area contributed by atoms with Crippen LogP contribution in [0.1, 0.15) is 11.1 Å².